The fraction of sp³-hybridized carbons (Fsp3) is 0.312. The van der Waals surface area contributed by atoms with Crippen LogP contribution >= 0.6 is 0 Å². The fourth-order valence-corrected chi connectivity index (χ4v) is 2.18. The first-order valence-corrected chi connectivity index (χ1v) is 6.82. The molecule has 1 aromatic carbocycles. The molecule has 4 heteroatoms. The van der Waals surface area contributed by atoms with Crippen molar-refractivity contribution in [2.45, 2.75) is 20.0 Å². The number of anilines is 1. The molecule has 2 aromatic rings. The molecule has 0 saturated heterocycles. The normalized spacial score (nSPS) is 10.3. The number of pyridine rings is 1. The Morgan fingerprint density at radius 1 is 1.15 bits per heavy atom. The monoisotopic (exact) mass is 271 g/mol. The van der Waals surface area contributed by atoms with E-state index in [1.165, 1.54) is 5.56 Å². The molecule has 0 atom stereocenters. The maximum absolute atomic E-state index is 5.78. The second kappa shape index (κ2) is 6.91. The van der Waals surface area contributed by atoms with Crippen molar-refractivity contribution < 1.29 is 4.74 Å². The van der Waals surface area contributed by atoms with Gasteiger partial charge in [0.25, 0.3) is 0 Å². The lowest BCUT2D eigenvalue weighted by Gasteiger charge is -2.22. The Hall–Kier alpha value is -2.07. The van der Waals surface area contributed by atoms with Crippen LogP contribution in [0, 0.1) is 0 Å². The van der Waals surface area contributed by atoms with Gasteiger partial charge in [-0.1, -0.05) is 24.3 Å². The van der Waals surface area contributed by atoms with E-state index in [9.17, 15) is 0 Å². The molecule has 0 bridgehead atoms. The Balaban J connectivity index is 2.21. The molecule has 20 heavy (non-hydrogen) atoms. The highest BCUT2D eigenvalue weighted by atomic mass is 16.5. The topological polar surface area (TPSA) is 51.4 Å². The molecule has 0 amide bonds. The third kappa shape index (κ3) is 3.27. The minimum atomic E-state index is 0.546. The molecule has 0 radical (unpaired) electrons. The number of nitrogens with zero attached hydrogens (tertiary/aromatic N) is 2. The summed E-state index contributed by atoms with van der Waals surface area (Å²) in [5.74, 6) is 1.66. The minimum absolute atomic E-state index is 0.546. The summed E-state index contributed by atoms with van der Waals surface area (Å²) in [6, 6.07) is 12.0. The number of nitrogens with two attached hydrogens (primary N) is 1. The second-order valence-electron chi connectivity index (χ2n) is 4.59. The van der Waals surface area contributed by atoms with E-state index in [2.05, 4.69) is 22.0 Å². The molecule has 0 aliphatic carbocycles. The number of hydrogen-bond acceptors (Lipinski definition) is 4. The van der Waals surface area contributed by atoms with Gasteiger partial charge in [-0.3, -0.25) is 0 Å². The molecule has 4 nitrogen and oxygen atoms in total. The van der Waals surface area contributed by atoms with E-state index in [1.807, 2.05) is 38.2 Å². The van der Waals surface area contributed by atoms with E-state index >= 15 is 0 Å². The van der Waals surface area contributed by atoms with Crippen molar-refractivity contribution in [3.8, 4) is 5.75 Å². The van der Waals surface area contributed by atoms with Crippen molar-refractivity contribution in [3.05, 3.63) is 53.7 Å². The molecular weight excluding hydrogens is 250 g/mol. The SMILES string of the molecule is CCOc1cccnc1N(C)Cc1ccccc1CN. The van der Waals surface area contributed by atoms with E-state index in [1.54, 1.807) is 6.20 Å². The van der Waals surface area contributed by atoms with Gasteiger partial charge in [0.1, 0.15) is 0 Å². The van der Waals surface area contributed by atoms with Gasteiger partial charge in [0.2, 0.25) is 0 Å². The number of hydrogen-bond donors (Lipinski definition) is 1. The van der Waals surface area contributed by atoms with Crippen LogP contribution in [0.1, 0.15) is 18.1 Å². The standard InChI is InChI=1S/C16H21N3O/c1-3-20-15-9-6-10-18-16(15)19(2)12-14-8-5-4-7-13(14)11-17/h4-10H,3,11-12,17H2,1-2H3. The van der Waals surface area contributed by atoms with Gasteiger partial charge >= 0.3 is 0 Å². The quantitative estimate of drug-likeness (QED) is 0.877. The van der Waals surface area contributed by atoms with Gasteiger partial charge in [0.15, 0.2) is 11.6 Å². The van der Waals surface area contributed by atoms with Crippen LogP contribution in [0.25, 0.3) is 0 Å². The average Bonchev–Trinajstić information content (AvgIpc) is 2.48. The van der Waals surface area contributed by atoms with Gasteiger partial charge in [0, 0.05) is 26.3 Å². The average molecular weight is 271 g/mol. The zero-order chi connectivity index (χ0) is 14.4. The van der Waals surface area contributed by atoms with Crippen molar-refractivity contribution in [2.75, 3.05) is 18.6 Å². The molecule has 0 spiro atoms. The van der Waals surface area contributed by atoms with E-state index in [0.29, 0.717) is 13.2 Å². The van der Waals surface area contributed by atoms with Crippen molar-refractivity contribution in [1.82, 2.24) is 4.98 Å². The summed E-state index contributed by atoms with van der Waals surface area (Å²) in [4.78, 5) is 6.50. The summed E-state index contributed by atoms with van der Waals surface area (Å²) in [5, 5.41) is 0. The number of benzene rings is 1. The van der Waals surface area contributed by atoms with Crippen molar-refractivity contribution >= 4 is 5.82 Å². The molecule has 0 fully saturated rings. The summed E-state index contributed by atoms with van der Waals surface area (Å²) >= 11 is 0. The van der Waals surface area contributed by atoms with E-state index < -0.39 is 0 Å². The largest absolute Gasteiger partial charge is 0.490 e. The lowest BCUT2D eigenvalue weighted by Crippen LogP contribution is -2.20. The van der Waals surface area contributed by atoms with Crippen molar-refractivity contribution in [1.29, 1.82) is 0 Å². The predicted octanol–water partition coefficient (Wildman–Crippen LogP) is 2.58. The van der Waals surface area contributed by atoms with Gasteiger partial charge in [0.05, 0.1) is 6.61 Å². The first-order chi connectivity index (χ1) is 9.76. The smallest absolute Gasteiger partial charge is 0.171 e. The highest BCUT2D eigenvalue weighted by molar-refractivity contribution is 5.52. The summed E-state index contributed by atoms with van der Waals surface area (Å²) in [5.41, 5.74) is 8.16. The highest BCUT2D eigenvalue weighted by Crippen LogP contribution is 2.25. The molecule has 0 unspecified atom stereocenters. The maximum atomic E-state index is 5.78. The van der Waals surface area contributed by atoms with Gasteiger partial charge in [-0.25, -0.2) is 4.98 Å². The molecule has 0 saturated carbocycles. The Labute approximate surface area is 120 Å². The molecule has 1 aromatic heterocycles. The van der Waals surface area contributed by atoms with Gasteiger partial charge in [-0.2, -0.15) is 0 Å². The van der Waals surface area contributed by atoms with Crippen molar-refractivity contribution in [2.24, 2.45) is 5.73 Å². The summed E-state index contributed by atoms with van der Waals surface area (Å²) in [6.45, 7) is 3.90. The van der Waals surface area contributed by atoms with Crippen LogP contribution < -0.4 is 15.4 Å². The summed E-state index contributed by atoms with van der Waals surface area (Å²) in [6.07, 6.45) is 1.78. The van der Waals surface area contributed by atoms with Gasteiger partial charge in [-0.05, 0) is 30.2 Å². The number of rotatable bonds is 6. The Morgan fingerprint density at radius 3 is 2.60 bits per heavy atom. The highest BCUT2D eigenvalue weighted by Gasteiger charge is 2.11. The van der Waals surface area contributed by atoms with Crippen LogP contribution in [-0.2, 0) is 13.1 Å². The third-order valence-corrected chi connectivity index (χ3v) is 3.16. The van der Waals surface area contributed by atoms with Crippen LogP contribution in [0.2, 0.25) is 0 Å². The molecule has 0 aliphatic heterocycles. The molecule has 2 N–H and O–H groups in total. The summed E-state index contributed by atoms with van der Waals surface area (Å²) < 4.78 is 5.62. The summed E-state index contributed by atoms with van der Waals surface area (Å²) in [7, 11) is 2.01. The minimum Gasteiger partial charge on any atom is -0.490 e. The van der Waals surface area contributed by atoms with Crippen LogP contribution in [0.4, 0.5) is 5.82 Å². The van der Waals surface area contributed by atoms with Crippen LogP contribution in [0.3, 0.4) is 0 Å². The molecule has 106 valence electrons. The van der Waals surface area contributed by atoms with E-state index in [-0.39, 0.29) is 0 Å². The molecule has 0 aliphatic rings. The lowest BCUT2D eigenvalue weighted by atomic mass is 10.1. The zero-order valence-corrected chi connectivity index (χ0v) is 12.0. The van der Waals surface area contributed by atoms with Gasteiger partial charge in [-0.15, -0.1) is 0 Å². The second-order valence-corrected chi connectivity index (χ2v) is 4.59. The third-order valence-electron chi connectivity index (χ3n) is 3.16. The van der Waals surface area contributed by atoms with Crippen LogP contribution in [0.5, 0.6) is 5.75 Å². The van der Waals surface area contributed by atoms with E-state index in [4.69, 9.17) is 10.5 Å². The molecular formula is C16H21N3O. The maximum Gasteiger partial charge on any atom is 0.171 e. The first-order valence-electron chi connectivity index (χ1n) is 6.82. The first kappa shape index (κ1) is 14.3. The van der Waals surface area contributed by atoms with Crippen LogP contribution in [-0.4, -0.2) is 18.6 Å². The van der Waals surface area contributed by atoms with Crippen LogP contribution in [0.15, 0.2) is 42.6 Å². The fourth-order valence-electron chi connectivity index (χ4n) is 2.18. The van der Waals surface area contributed by atoms with Crippen molar-refractivity contribution in [3.63, 3.8) is 0 Å². The lowest BCUT2D eigenvalue weighted by molar-refractivity contribution is 0.339. The Morgan fingerprint density at radius 2 is 1.90 bits per heavy atom. The Bertz CT molecular complexity index is 557. The zero-order valence-electron chi connectivity index (χ0n) is 12.0. The van der Waals surface area contributed by atoms with Gasteiger partial charge < -0.3 is 15.4 Å². The number of ether oxygens (including phenoxy) is 1. The predicted molar refractivity (Wildman–Crippen MR) is 81.8 cm³/mol. The van der Waals surface area contributed by atoms with E-state index in [0.717, 1.165) is 23.7 Å². The molecule has 2 rings (SSSR count). The molecule has 1 heterocycles. The number of aromatic nitrogens is 1. The Kier molecular flexibility index (Phi) is 4.96.